The standard InChI is InChI=1S/C22H20ClNO2/c1-16(17-11-13-19(23)14-12-17)24-22(25)15-26-21-10-6-5-9-20(21)18-7-3-2-4-8-18/h2-14,16H,15H2,1H3,(H,24,25)/t16-/m1/s1. The highest BCUT2D eigenvalue weighted by molar-refractivity contribution is 6.30. The highest BCUT2D eigenvalue weighted by atomic mass is 35.5. The minimum atomic E-state index is -0.171. The summed E-state index contributed by atoms with van der Waals surface area (Å²) in [5.74, 6) is 0.517. The molecule has 0 spiro atoms. The quantitative estimate of drug-likeness (QED) is 0.646. The Hall–Kier alpha value is -2.78. The highest BCUT2D eigenvalue weighted by Crippen LogP contribution is 2.29. The second-order valence-electron chi connectivity index (χ2n) is 5.99. The molecule has 0 radical (unpaired) electrons. The maximum absolute atomic E-state index is 12.3. The number of carbonyl (C=O) groups is 1. The van der Waals surface area contributed by atoms with E-state index in [-0.39, 0.29) is 18.6 Å². The molecule has 1 atom stereocenters. The van der Waals surface area contributed by atoms with Crippen molar-refractivity contribution >= 4 is 17.5 Å². The summed E-state index contributed by atoms with van der Waals surface area (Å²) in [5.41, 5.74) is 3.01. The molecule has 3 aromatic rings. The number of nitrogens with one attached hydrogen (secondary N) is 1. The summed E-state index contributed by atoms with van der Waals surface area (Å²) < 4.78 is 5.78. The molecule has 26 heavy (non-hydrogen) atoms. The third-order valence-corrected chi connectivity index (χ3v) is 4.33. The Kier molecular flexibility index (Phi) is 5.92. The van der Waals surface area contributed by atoms with Crippen LogP contribution in [0.15, 0.2) is 78.9 Å². The largest absolute Gasteiger partial charge is 0.483 e. The Balaban J connectivity index is 1.62. The number of amides is 1. The molecule has 3 nitrogen and oxygen atoms in total. The summed E-state index contributed by atoms with van der Waals surface area (Å²) in [5, 5.41) is 3.61. The van der Waals surface area contributed by atoms with E-state index in [4.69, 9.17) is 16.3 Å². The molecule has 0 aliphatic carbocycles. The Morgan fingerprint density at radius 3 is 2.35 bits per heavy atom. The van der Waals surface area contributed by atoms with Gasteiger partial charge in [-0.15, -0.1) is 0 Å². The van der Waals surface area contributed by atoms with Gasteiger partial charge < -0.3 is 10.1 Å². The molecule has 0 saturated heterocycles. The SMILES string of the molecule is C[C@@H](NC(=O)COc1ccccc1-c1ccccc1)c1ccc(Cl)cc1. The molecule has 0 aliphatic heterocycles. The maximum Gasteiger partial charge on any atom is 0.258 e. The number of para-hydroxylation sites is 1. The smallest absolute Gasteiger partial charge is 0.258 e. The van der Waals surface area contributed by atoms with Crippen molar-refractivity contribution in [2.24, 2.45) is 0 Å². The Bertz CT molecular complexity index is 863. The molecule has 0 fully saturated rings. The van der Waals surface area contributed by atoms with Crippen LogP contribution in [0, 0.1) is 0 Å². The van der Waals surface area contributed by atoms with Gasteiger partial charge in [0.15, 0.2) is 6.61 Å². The summed E-state index contributed by atoms with van der Waals surface area (Å²) in [4.78, 5) is 12.3. The lowest BCUT2D eigenvalue weighted by molar-refractivity contribution is -0.123. The predicted octanol–water partition coefficient (Wildman–Crippen LogP) is 5.26. The second-order valence-corrected chi connectivity index (χ2v) is 6.43. The molecular formula is C22H20ClNO2. The summed E-state index contributed by atoms with van der Waals surface area (Å²) in [6.07, 6.45) is 0. The van der Waals surface area contributed by atoms with Crippen LogP contribution in [0.1, 0.15) is 18.5 Å². The molecule has 3 rings (SSSR count). The topological polar surface area (TPSA) is 38.3 Å². The van der Waals surface area contributed by atoms with Gasteiger partial charge in [-0.05, 0) is 36.2 Å². The van der Waals surface area contributed by atoms with E-state index < -0.39 is 0 Å². The summed E-state index contributed by atoms with van der Waals surface area (Å²) in [6, 6.07) is 25.0. The number of halogens is 1. The molecule has 132 valence electrons. The molecule has 0 aromatic heterocycles. The fourth-order valence-electron chi connectivity index (χ4n) is 2.71. The minimum Gasteiger partial charge on any atom is -0.483 e. The number of ether oxygens (including phenoxy) is 1. The number of benzene rings is 3. The van der Waals surface area contributed by atoms with Gasteiger partial charge in [-0.1, -0.05) is 72.3 Å². The van der Waals surface area contributed by atoms with Crippen molar-refractivity contribution in [3.05, 3.63) is 89.4 Å². The summed E-state index contributed by atoms with van der Waals surface area (Å²) in [6.45, 7) is 1.89. The zero-order valence-electron chi connectivity index (χ0n) is 14.5. The van der Waals surface area contributed by atoms with Crippen LogP contribution in [0.25, 0.3) is 11.1 Å². The van der Waals surface area contributed by atoms with Crippen LogP contribution in [-0.4, -0.2) is 12.5 Å². The lowest BCUT2D eigenvalue weighted by atomic mass is 10.1. The molecule has 0 heterocycles. The maximum atomic E-state index is 12.3. The number of hydrogen-bond donors (Lipinski definition) is 1. The highest BCUT2D eigenvalue weighted by Gasteiger charge is 2.12. The van der Waals surface area contributed by atoms with Crippen molar-refractivity contribution in [3.8, 4) is 16.9 Å². The van der Waals surface area contributed by atoms with Crippen LogP contribution in [0.4, 0.5) is 0 Å². The first-order valence-electron chi connectivity index (χ1n) is 8.45. The summed E-state index contributed by atoms with van der Waals surface area (Å²) >= 11 is 5.90. The van der Waals surface area contributed by atoms with Crippen LogP contribution in [0.5, 0.6) is 5.75 Å². The van der Waals surface area contributed by atoms with Crippen LogP contribution >= 0.6 is 11.6 Å². The number of rotatable bonds is 6. The normalized spacial score (nSPS) is 11.6. The van der Waals surface area contributed by atoms with Gasteiger partial charge in [0.2, 0.25) is 0 Å². The van der Waals surface area contributed by atoms with Crippen LogP contribution in [-0.2, 0) is 4.79 Å². The molecule has 1 N–H and O–H groups in total. The van der Waals surface area contributed by atoms with Crippen molar-refractivity contribution in [1.82, 2.24) is 5.32 Å². The van der Waals surface area contributed by atoms with E-state index in [1.165, 1.54) is 0 Å². The van der Waals surface area contributed by atoms with Gasteiger partial charge in [-0.3, -0.25) is 4.79 Å². The van der Waals surface area contributed by atoms with E-state index in [9.17, 15) is 4.79 Å². The Morgan fingerprint density at radius 1 is 0.962 bits per heavy atom. The van der Waals surface area contributed by atoms with Crippen molar-refractivity contribution in [2.75, 3.05) is 6.61 Å². The number of carbonyl (C=O) groups excluding carboxylic acids is 1. The van der Waals surface area contributed by atoms with Gasteiger partial charge in [0.1, 0.15) is 5.75 Å². The van der Waals surface area contributed by atoms with E-state index in [1.54, 1.807) is 0 Å². The fourth-order valence-corrected chi connectivity index (χ4v) is 2.84. The second kappa shape index (κ2) is 8.54. The molecule has 0 aliphatic rings. The van der Waals surface area contributed by atoms with Gasteiger partial charge in [0.05, 0.1) is 6.04 Å². The average Bonchev–Trinajstić information content (AvgIpc) is 2.68. The molecule has 0 unspecified atom stereocenters. The molecular weight excluding hydrogens is 346 g/mol. The monoisotopic (exact) mass is 365 g/mol. The Labute approximate surface area is 158 Å². The zero-order valence-corrected chi connectivity index (χ0v) is 15.2. The van der Waals surface area contributed by atoms with Crippen LogP contribution in [0.2, 0.25) is 5.02 Å². The summed E-state index contributed by atoms with van der Waals surface area (Å²) in [7, 11) is 0. The van der Waals surface area contributed by atoms with Gasteiger partial charge in [0.25, 0.3) is 5.91 Å². The third kappa shape index (κ3) is 4.64. The average molecular weight is 366 g/mol. The van der Waals surface area contributed by atoms with Gasteiger partial charge >= 0.3 is 0 Å². The van der Waals surface area contributed by atoms with E-state index in [1.807, 2.05) is 85.8 Å². The molecule has 0 saturated carbocycles. The molecule has 0 bridgehead atoms. The van der Waals surface area contributed by atoms with E-state index >= 15 is 0 Å². The van der Waals surface area contributed by atoms with Crippen molar-refractivity contribution in [1.29, 1.82) is 0 Å². The number of hydrogen-bond acceptors (Lipinski definition) is 2. The van der Waals surface area contributed by atoms with Gasteiger partial charge in [-0.2, -0.15) is 0 Å². The lowest BCUT2D eigenvalue weighted by Crippen LogP contribution is -2.31. The Morgan fingerprint density at radius 2 is 1.62 bits per heavy atom. The fraction of sp³-hybridized carbons (Fsp3) is 0.136. The predicted molar refractivity (Wildman–Crippen MR) is 105 cm³/mol. The van der Waals surface area contributed by atoms with E-state index in [0.717, 1.165) is 16.7 Å². The van der Waals surface area contributed by atoms with E-state index in [0.29, 0.717) is 10.8 Å². The first kappa shape index (κ1) is 18.0. The van der Waals surface area contributed by atoms with Crippen molar-refractivity contribution < 1.29 is 9.53 Å². The molecule has 1 amide bonds. The first-order valence-corrected chi connectivity index (χ1v) is 8.83. The van der Waals surface area contributed by atoms with Crippen LogP contribution in [0.3, 0.4) is 0 Å². The minimum absolute atomic E-state index is 0.0399. The molecule has 4 heteroatoms. The zero-order chi connectivity index (χ0) is 18.4. The van der Waals surface area contributed by atoms with Gasteiger partial charge in [-0.25, -0.2) is 0 Å². The first-order chi connectivity index (χ1) is 12.6. The van der Waals surface area contributed by atoms with Crippen molar-refractivity contribution in [3.63, 3.8) is 0 Å². The van der Waals surface area contributed by atoms with Crippen LogP contribution < -0.4 is 10.1 Å². The lowest BCUT2D eigenvalue weighted by Gasteiger charge is -2.16. The van der Waals surface area contributed by atoms with Gasteiger partial charge in [0, 0.05) is 10.6 Å². The molecule has 3 aromatic carbocycles. The van der Waals surface area contributed by atoms with E-state index in [2.05, 4.69) is 5.32 Å². The van der Waals surface area contributed by atoms with Crippen molar-refractivity contribution in [2.45, 2.75) is 13.0 Å². The third-order valence-electron chi connectivity index (χ3n) is 4.08.